The molecule has 0 bridgehead atoms. The second-order valence-electron chi connectivity index (χ2n) is 7.25. The van der Waals surface area contributed by atoms with Crippen molar-refractivity contribution in [2.45, 2.75) is 31.8 Å². The maximum absolute atomic E-state index is 12.0. The van der Waals surface area contributed by atoms with E-state index in [0.717, 1.165) is 62.3 Å². The van der Waals surface area contributed by atoms with E-state index < -0.39 is 11.4 Å². The zero-order valence-electron chi connectivity index (χ0n) is 14.0. The van der Waals surface area contributed by atoms with E-state index in [4.69, 9.17) is 0 Å². The van der Waals surface area contributed by atoms with E-state index in [0.29, 0.717) is 0 Å². The Balaban J connectivity index is 1.53. The van der Waals surface area contributed by atoms with Crippen molar-refractivity contribution in [3.05, 3.63) is 30.1 Å². The standard InChI is InChI=1S/C18H24N4O2/c1-21-9-4-7-18(17(23)24)8-10-22(11-15(18)21)12-16-19-13-5-2-3-6-14(13)20-16/h2-3,5-6,15H,4,7-12H2,1H3,(H,19,20)(H,23,24)/t15-,18+/m1/s1. The number of likely N-dealkylation sites (tertiary alicyclic amines) is 2. The number of imidazole rings is 1. The van der Waals surface area contributed by atoms with Crippen LogP contribution in [0.1, 0.15) is 25.1 Å². The van der Waals surface area contributed by atoms with E-state index in [-0.39, 0.29) is 6.04 Å². The third kappa shape index (κ3) is 2.50. The summed E-state index contributed by atoms with van der Waals surface area (Å²) in [7, 11) is 2.06. The number of piperidine rings is 2. The Morgan fingerprint density at radius 2 is 2.21 bits per heavy atom. The van der Waals surface area contributed by atoms with Gasteiger partial charge in [-0.25, -0.2) is 4.98 Å². The van der Waals surface area contributed by atoms with Crippen LogP contribution in [-0.4, -0.2) is 63.6 Å². The second-order valence-corrected chi connectivity index (χ2v) is 7.25. The number of likely N-dealkylation sites (N-methyl/N-ethyl adjacent to an activating group) is 1. The highest BCUT2D eigenvalue weighted by Gasteiger charge is 2.52. The van der Waals surface area contributed by atoms with Gasteiger partial charge in [-0.2, -0.15) is 0 Å². The van der Waals surface area contributed by atoms with E-state index in [2.05, 4.69) is 26.8 Å². The number of carbonyl (C=O) groups is 1. The van der Waals surface area contributed by atoms with Crippen molar-refractivity contribution < 1.29 is 9.90 Å². The van der Waals surface area contributed by atoms with Gasteiger partial charge in [0.15, 0.2) is 0 Å². The van der Waals surface area contributed by atoms with E-state index in [1.165, 1.54) is 0 Å². The lowest BCUT2D eigenvalue weighted by atomic mass is 9.68. The molecule has 2 aliphatic heterocycles. The average molecular weight is 328 g/mol. The number of H-pyrrole nitrogens is 1. The van der Waals surface area contributed by atoms with Gasteiger partial charge in [-0.3, -0.25) is 9.69 Å². The highest BCUT2D eigenvalue weighted by Crippen LogP contribution is 2.42. The molecule has 1 aromatic heterocycles. The fraction of sp³-hybridized carbons (Fsp3) is 0.556. The Morgan fingerprint density at radius 3 is 3.00 bits per heavy atom. The lowest BCUT2D eigenvalue weighted by Crippen LogP contribution is -2.62. The molecule has 0 unspecified atom stereocenters. The minimum atomic E-state index is -0.623. The SMILES string of the molecule is CN1CCC[C@]2(C(=O)O)CCN(Cc3nc4ccccc4[nH]3)C[C@@H]12. The van der Waals surface area contributed by atoms with Gasteiger partial charge in [0.2, 0.25) is 0 Å². The number of aliphatic carboxylic acids is 1. The van der Waals surface area contributed by atoms with Crippen LogP contribution in [0.15, 0.2) is 24.3 Å². The monoisotopic (exact) mass is 328 g/mol. The molecule has 2 fully saturated rings. The van der Waals surface area contributed by atoms with E-state index in [9.17, 15) is 9.90 Å². The van der Waals surface area contributed by atoms with Crippen molar-refractivity contribution in [3.8, 4) is 0 Å². The summed E-state index contributed by atoms with van der Waals surface area (Å²) in [5.74, 6) is 0.333. The summed E-state index contributed by atoms with van der Waals surface area (Å²) in [6.45, 7) is 3.33. The summed E-state index contributed by atoms with van der Waals surface area (Å²) < 4.78 is 0. The molecule has 4 rings (SSSR count). The van der Waals surface area contributed by atoms with Gasteiger partial charge in [0, 0.05) is 12.6 Å². The highest BCUT2D eigenvalue weighted by atomic mass is 16.4. The first-order valence-corrected chi connectivity index (χ1v) is 8.68. The van der Waals surface area contributed by atoms with Crippen molar-refractivity contribution in [1.82, 2.24) is 19.8 Å². The predicted octanol–water partition coefficient (Wildman–Crippen LogP) is 1.93. The molecular formula is C18H24N4O2. The zero-order chi connectivity index (χ0) is 16.7. The van der Waals surface area contributed by atoms with Gasteiger partial charge >= 0.3 is 5.97 Å². The Morgan fingerprint density at radius 1 is 1.38 bits per heavy atom. The van der Waals surface area contributed by atoms with Gasteiger partial charge < -0.3 is 15.0 Å². The summed E-state index contributed by atoms with van der Waals surface area (Å²) in [6, 6.07) is 8.12. The Hall–Kier alpha value is -1.92. The largest absolute Gasteiger partial charge is 0.481 e. The second kappa shape index (κ2) is 5.86. The smallest absolute Gasteiger partial charge is 0.311 e. The number of carboxylic acids is 1. The number of benzene rings is 1. The maximum atomic E-state index is 12.0. The number of nitrogens with zero attached hydrogens (tertiary/aromatic N) is 3. The van der Waals surface area contributed by atoms with Crippen LogP contribution in [0, 0.1) is 5.41 Å². The fourth-order valence-corrected chi connectivity index (χ4v) is 4.48. The van der Waals surface area contributed by atoms with Crippen LogP contribution in [-0.2, 0) is 11.3 Å². The van der Waals surface area contributed by atoms with Crippen molar-refractivity contribution in [2.24, 2.45) is 5.41 Å². The molecule has 1 aromatic carbocycles. The van der Waals surface area contributed by atoms with Gasteiger partial charge in [0.1, 0.15) is 5.82 Å². The number of aromatic amines is 1. The first-order chi connectivity index (χ1) is 11.6. The molecular weight excluding hydrogens is 304 g/mol. The minimum Gasteiger partial charge on any atom is -0.481 e. The molecule has 0 amide bonds. The number of nitrogens with one attached hydrogen (secondary N) is 1. The van der Waals surface area contributed by atoms with Gasteiger partial charge in [-0.05, 0) is 51.5 Å². The van der Waals surface area contributed by atoms with Gasteiger partial charge in [-0.15, -0.1) is 0 Å². The lowest BCUT2D eigenvalue weighted by molar-refractivity contribution is -0.162. The molecule has 0 aliphatic carbocycles. The van der Waals surface area contributed by atoms with Crippen LogP contribution in [0.5, 0.6) is 0 Å². The minimum absolute atomic E-state index is 0.0851. The first-order valence-electron chi connectivity index (χ1n) is 8.68. The summed E-state index contributed by atoms with van der Waals surface area (Å²) in [4.78, 5) is 24.6. The van der Waals surface area contributed by atoms with Crippen LogP contribution < -0.4 is 0 Å². The molecule has 2 aromatic rings. The quantitative estimate of drug-likeness (QED) is 0.901. The van der Waals surface area contributed by atoms with Crippen molar-refractivity contribution in [2.75, 3.05) is 26.7 Å². The number of carboxylic acid groups (broad SMARTS) is 1. The lowest BCUT2D eigenvalue weighted by Gasteiger charge is -2.51. The molecule has 0 saturated carbocycles. The maximum Gasteiger partial charge on any atom is 0.311 e. The number of aromatic nitrogens is 2. The van der Waals surface area contributed by atoms with Gasteiger partial charge in [-0.1, -0.05) is 12.1 Å². The number of para-hydroxylation sites is 2. The number of hydrogen-bond acceptors (Lipinski definition) is 4. The summed E-state index contributed by atoms with van der Waals surface area (Å²) in [6.07, 6.45) is 2.50. The first kappa shape index (κ1) is 15.6. The Labute approximate surface area is 141 Å². The Bertz CT molecular complexity index is 725. The number of fused-ring (bicyclic) bond motifs is 2. The van der Waals surface area contributed by atoms with Crippen molar-refractivity contribution >= 4 is 17.0 Å². The zero-order valence-corrected chi connectivity index (χ0v) is 14.0. The van der Waals surface area contributed by atoms with Crippen molar-refractivity contribution in [3.63, 3.8) is 0 Å². The summed E-state index contributed by atoms with van der Waals surface area (Å²) >= 11 is 0. The van der Waals surface area contributed by atoms with Crippen LogP contribution in [0.2, 0.25) is 0 Å². The molecule has 0 spiro atoms. The molecule has 2 aliphatic rings. The fourth-order valence-electron chi connectivity index (χ4n) is 4.48. The molecule has 6 heteroatoms. The van der Waals surface area contributed by atoms with Crippen molar-refractivity contribution in [1.29, 1.82) is 0 Å². The predicted molar refractivity (Wildman–Crippen MR) is 91.7 cm³/mol. The highest BCUT2D eigenvalue weighted by molar-refractivity contribution is 5.76. The topological polar surface area (TPSA) is 72.5 Å². The third-order valence-electron chi connectivity index (χ3n) is 5.85. The molecule has 2 saturated heterocycles. The van der Waals surface area contributed by atoms with Gasteiger partial charge in [0.25, 0.3) is 0 Å². The molecule has 6 nitrogen and oxygen atoms in total. The molecule has 128 valence electrons. The Kier molecular flexibility index (Phi) is 3.81. The summed E-state index contributed by atoms with van der Waals surface area (Å²) in [5, 5.41) is 9.85. The number of hydrogen-bond donors (Lipinski definition) is 2. The van der Waals surface area contributed by atoms with Crippen LogP contribution >= 0.6 is 0 Å². The third-order valence-corrected chi connectivity index (χ3v) is 5.85. The molecule has 3 heterocycles. The molecule has 0 radical (unpaired) electrons. The van der Waals surface area contributed by atoms with Crippen LogP contribution in [0.3, 0.4) is 0 Å². The van der Waals surface area contributed by atoms with E-state index in [1.54, 1.807) is 0 Å². The summed E-state index contributed by atoms with van der Waals surface area (Å²) in [5.41, 5.74) is 1.47. The molecule has 2 N–H and O–H groups in total. The average Bonchev–Trinajstić information content (AvgIpc) is 2.97. The van der Waals surface area contributed by atoms with Crippen LogP contribution in [0.25, 0.3) is 11.0 Å². The molecule has 2 atom stereocenters. The van der Waals surface area contributed by atoms with E-state index >= 15 is 0 Å². The normalized spacial score (nSPS) is 28.8. The molecule has 24 heavy (non-hydrogen) atoms. The van der Waals surface area contributed by atoms with Gasteiger partial charge in [0.05, 0.1) is 23.0 Å². The van der Waals surface area contributed by atoms with Crippen LogP contribution in [0.4, 0.5) is 0 Å². The number of rotatable bonds is 3. The van der Waals surface area contributed by atoms with E-state index in [1.807, 2.05) is 24.3 Å².